The van der Waals surface area contributed by atoms with E-state index in [0.717, 1.165) is 36.6 Å². The van der Waals surface area contributed by atoms with Gasteiger partial charge in [-0.25, -0.2) is 4.98 Å². The Bertz CT molecular complexity index is 1790. The molecule has 2 aromatic heterocycles. The van der Waals surface area contributed by atoms with Crippen molar-refractivity contribution >= 4 is 51.2 Å². The molecule has 3 aromatic carbocycles. The Morgan fingerprint density at radius 1 is 0.951 bits per heavy atom. The second-order valence-corrected chi connectivity index (χ2v) is 11.3. The molecule has 6 rings (SSSR count). The molecule has 0 atom stereocenters. The molecule has 2 N–H and O–H groups in total. The number of hydrogen-bond donors (Lipinski definition) is 2. The molecule has 2 heterocycles. The quantitative estimate of drug-likeness (QED) is 0.196. The van der Waals surface area contributed by atoms with Crippen LogP contribution in [0.3, 0.4) is 0 Å². The van der Waals surface area contributed by atoms with E-state index < -0.39 is 0 Å². The Balaban J connectivity index is 1.40. The van der Waals surface area contributed by atoms with Gasteiger partial charge in [0.1, 0.15) is 11.0 Å². The summed E-state index contributed by atoms with van der Waals surface area (Å²) in [5.41, 5.74) is 3.43. The minimum atomic E-state index is -0.218. The average Bonchev–Trinajstić information content (AvgIpc) is 3.28. The monoisotopic (exact) mass is 565 g/mol. The first-order valence-electron chi connectivity index (χ1n) is 13.9. The molecule has 1 aliphatic rings. The third-order valence-electron chi connectivity index (χ3n) is 7.59. The van der Waals surface area contributed by atoms with Gasteiger partial charge in [0.05, 0.1) is 17.0 Å². The Kier molecular flexibility index (Phi) is 7.61. The van der Waals surface area contributed by atoms with Crippen LogP contribution in [0.1, 0.15) is 42.5 Å². The van der Waals surface area contributed by atoms with E-state index in [1.807, 2.05) is 78.3 Å². The van der Waals surface area contributed by atoms with Gasteiger partial charge >= 0.3 is 0 Å². The molecular formula is C32H31N5O3S. The lowest BCUT2D eigenvalue weighted by molar-refractivity contribution is -0.119. The van der Waals surface area contributed by atoms with E-state index in [-0.39, 0.29) is 29.2 Å². The van der Waals surface area contributed by atoms with E-state index in [4.69, 9.17) is 4.98 Å². The summed E-state index contributed by atoms with van der Waals surface area (Å²) >= 11 is 1.26. The topological polar surface area (TPSA) is 98.0 Å². The van der Waals surface area contributed by atoms with E-state index in [0.29, 0.717) is 33.1 Å². The molecule has 208 valence electrons. The number of para-hydroxylation sites is 1. The first-order valence-corrected chi connectivity index (χ1v) is 14.9. The van der Waals surface area contributed by atoms with Crippen LogP contribution in [-0.2, 0) is 11.8 Å². The minimum absolute atomic E-state index is 0.0558. The number of hydrogen-bond acceptors (Lipinski definition) is 5. The molecule has 1 aliphatic carbocycles. The van der Waals surface area contributed by atoms with Gasteiger partial charge in [0.15, 0.2) is 5.16 Å². The number of carbonyl (C=O) groups excluding carboxylic acids is 2. The summed E-state index contributed by atoms with van der Waals surface area (Å²) in [6.07, 6.45) is 5.51. The van der Waals surface area contributed by atoms with Crippen molar-refractivity contribution in [3.63, 3.8) is 0 Å². The van der Waals surface area contributed by atoms with Gasteiger partial charge in [-0.15, -0.1) is 0 Å². The number of amides is 2. The highest BCUT2D eigenvalue weighted by Gasteiger charge is 2.22. The summed E-state index contributed by atoms with van der Waals surface area (Å²) in [5.74, 6) is -0.116. The number of carbonyl (C=O) groups is 2. The minimum Gasteiger partial charge on any atom is -0.353 e. The number of anilines is 1. The fraction of sp³-hybridized carbons (Fsp3) is 0.250. The Hall–Kier alpha value is -4.37. The lowest BCUT2D eigenvalue weighted by Crippen LogP contribution is -2.37. The molecule has 0 spiro atoms. The number of aromatic nitrogens is 3. The second-order valence-electron chi connectivity index (χ2n) is 10.4. The summed E-state index contributed by atoms with van der Waals surface area (Å²) < 4.78 is 3.42. The van der Waals surface area contributed by atoms with Crippen LogP contribution in [0.4, 0.5) is 5.69 Å². The lowest BCUT2D eigenvalue weighted by Gasteiger charge is -2.22. The molecule has 0 aliphatic heterocycles. The van der Waals surface area contributed by atoms with Gasteiger partial charge in [0, 0.05) is 29.7 Å². The molecule has 41 heavy (non-hydrogen) atoms. The van der Waals surface area contributed by atoms with Crippen molar-refractivity contribution in [3.05, 3.63) is 94.8 Å². The van der Waals surface area contributed by atoms with Crippen LogP contribution in [0.5, 0.6) is 0 Å². The third-order valence-corrected chi connectivity index (χ3v) is 8.53. The van der Waals surface area contributed by atoms with E-state index >= 15 is 0 Å². The third kappa shape index (κ3) is 5.50. The molecule has 2 amide bonds. The fourth-order valence-electron chi connectivity index (χ4n) is 5.54. The number of fused-ring (bicyclic) bond motifs is 3. The van der Waals surface area contributed by atoms with Crippen molar-refractivity contribution in [3.8, 4) is 5.69 Å². The first-order chi connectivity index (χ1) is 20.0. The molecule has 5 aromatic rings. The van der Waals surface area contributed by atoms with Gasteiger partial charge in [-0.3, -0.25) is 19.0 Å². The lowest BCUT2D eigenvalue weighted by atomic mass is 9.95. The van der Waals surface area contributed by atoms with E-state index in [9.17, 15) is 14.4 Å². The number of nitrogens with zero attached hydrogens (tertiary/aromatic N) is 3. The normalized spacial score (nSPS) is 13.9. The maximum Gasteiger partial charge on any atom is 0.283 e. The van der Waals surface area contributed by atoms with E-state index in [1.165, 1.54) is 18.2 Å². The summed E-state index contributed by atoms with van der Waals surface area (Å²) in [6, 6.07) is 24.2. The zero-order chi connectivity index (χ0) is 28.3. The number of nitrogens with one attached hydrogen (secondary N) is 2. The molecule has 1 fully saturated rings. The maximum absolute atomic E-state index is 14.1. The van der Waals surface area contributed by atoms with Crippen molar-refractivity contribution in [2.45, 2.75) is 43.3 Å². The van der Waals surface area contributed by atoms with E-state index in [1.54, 1.807) is 16.7 Å². The largest absolute Gasteiger partial charge is 0.353 e. The Morgan fingerprint density at radius 3 is 2.39 bits per heavy atom. The van der Waals surface area contributed by atoms with Crippen molar-refractivity contribution in [2.75, 3.05) is 11.1 Å². The van der Waals surface area contributed by atoms with Crippen LogP contribution < -0.4 is 16.2 Å². The molecule has 0 bridgehead atoms. The van der Waals surface area contributed by atoms with Crippen molar-refractivity contribution < 1.29 is 9.59 Å². The maximum atomic E-state index is 14.1. The van der Waals surface area contributed by atoms with Crippen LogP contribution in [0.15, 0.2) is 88.8 Å². The highest BCUT2D eigenvalue weighted by atomic mass is 32.2. The van der Waals surface area contributed by atoms with Crippen molar-refractivity contribution in [1.82, 2.24) is 19.4 Å². The van der Waals surface area contributed by atoms with E-state index in [2.05, 4.69) is 10.6 Å². The van der Waals surface area contributed by atoms with Gasteiger partial charge < -0.3 is 15.2 Å². The van der Waals surface area contributed by atoms with Crippen molar-refractivity contribution in [1.29, 1.82) is 0 Å². The second kappa shape index (κ2) is 11.6. The van der Waals surface area contributed by atoms with Crippen LogP contribution in [0.2, 0.25) is 0 Å². The Labute approximate surface area is 241 Å². The van der Waals surface area contributed by atoms with Gasteiger partial charge in [-0.05, 0) is 55.3 Å². The number of rotatable bonds is 7. The molecule has 0 unspecified atom stereocenters. The Morgan fingerprint density at radius 2 is 1.66 bits per heavy atom. The number of aryl methyl sites for hydroxylation is 1. The average molecular weight is 566 g/mol. The first kappa shape index (κ1) is 26.8. The van der Waals surface area contributed by atoms with Crippen molar-refractivity contribution in [2.24, 2.45) is 7.05 Å². The fourth-order valence-corrected chi connectivity index (χ4v) is 6.36. The SMILES string of the molecule is Cn1c2ccc(NC(=O)c3ccccc3)cc2c2nc(SCC(=O)NC3CCCCC3)n(-c3ccccc3)c(=O)c21. The van der Waals surface area contributed by atoms with Crippen LogP contribution in [0, 0.1) is 0 Å². The predicted molar refractivity (Wildman–Crippen MR) is 164 cm³/mol. The number of thioether (sulfide) groups is 1. The van der Waals surface area contributed by atoms with Crippen LogP contribution >= 0.6 is 11.8 Å². The zero-order valence-corrected chi connectivity index (χ0v) is 23.6. The highest BCUT2D eigenvalue weighted by molar-refractivity contribution is 7.99. The van der Waals surface area contributed by atoms with Gasteiger partial charge in [-0.2, -0.15) is 0 Å². The predicted octanol–water partition coefficient (Wildman–Crippen LogP) is 5.67. The van der Waals surface area contributed by atoms with Crippen LogP contribution in [0.25, 0.3) is 27.6 Å². The summed E-state index contributed by atoms with van der Waals surface area (Å²) in [6.45, 7) is 0. The molecule has 1 saturated carbocycles. The van der Waals surface area contributed by atoms with Crippen LogP contribution in [-0.4, -0.2) is 37.7 Å². The molecule has 9 heteroatoms. The summed E-state index contributed by atoms with van der Waals surface area (Å²) in [4.78, 5) is 44.7. The van der Waals surface area contributed by atoms with Gasteiger partial charge in [0.2, 0.25) is 5.91 Å². The molecule has 0 radical (unpaired) electrons. The smallest absolute Gasteiger partial charge is 0.283 e. The standard InChI is InChI=1S/C32H31N5O3S/c1-36-26-18-17-23(34-30(39)21-11-5-2-6-12-21)19-25(26)28-29(36)31(40)37(24-15-9-4-10-16-24)32(35-28)41-20-27(38)33-22-13-7-3-8-14-22/h2,4-6,9-12,15-19,22H,3,7-8,13-14,20H2,1H3,(H,33,38)(H,34,39). The number of benzene rings is 3. The summed E-state index contributed by atoms with van der Waals surface area (Å²) in [5, 5.41) is 7.30. The molecular weight excluding hydrogens is 534 g/mol. The van der Waals surface area contributed by atoms with Gasteiger partial charge in [-0.1, -0.05) is 67.4 Å². The molecule has 0 saturated heterocycles. The van der Waals surface area contributed by atoms with Gasteiger partial charge in [0.25, 0.3) is 11.5 Å². The summed E-state index contributed by atoms with van der Waals surface area (Å²) in [7, 11) is 1.84. The molecule has 8 nitrogen and oxygen atoms in total. The zero-order valence-electron chi connectivity index (χ0n) is 22.8. The highest BCUT2D eigenvalue weighted by Crippen LogP contribution is 2.30.